The van der Waals surface area contributed by atoms with Crippen molar-refractivity contribution in [3.8, 4) is 16.9 Å². The molecule has 0 spiro atoms. The topological polar surface area (TPSA) is 118 Å². The van der Waals surface area contributed by atoms with E-state index in [0.29, 0.717) is 12.3 Å². The number of halogens is 2. The van der Waals surface area contributed by atoms with Crippen molar-refractivity contribution in [2.45, 2.75) is 50.7 Å². The average molecular weight is 611 g/mol. The highest BCUT2D eigenvalue weighted by Gasteiger charge is 2.21. The van der Waals surface area contributed by atoms with Crippen molar-refractivity contribution in [2.75, 3.05) is 19.3 Å². The lowest BCUT2D eigenvalue weighted by Gasteiger charge is -2.24. The van der Waals surface area contributed by atoms with Crippen molar-refractivity contribution < 1.29 is 23.1 Å². The largest absolute Gasteiger partial charge is 0.490 e. The summed E-state index contributed by atoms with van der Waals surface area (Å²) in [6.07, 6.45) is 9.69. The molecule has 1 aliphatic rings. The fourth-order valence-corrected chi connectivity index (χ4v) is 5.05. The first-order valence-corrected chi connectivity index (χ1v) is 14.9. The zero-order valence-electron chi connectivity index (χ0n) is 22.4. The second-order valence-corrected chi connectivity index (χ2v) is 11.5. The van der Waals surface area contributed by atoms with Crippen LogP contribution < -0.4 is 14.8 Å². The number of carbonyl (C=O) groups is 1. The highest BCUT2D eigenvalue weighted by Crippen LogP contribution is 2.31. The van der Waals surface area contributed by atoms with Gasteiger partial charge in [0.05, 0.1) is 24.0 Å². The number of ether oxygens (including phenoxy) is 1. The minimum Gasteiger partial charge on any atom is -0.490 e. The van der Waals surface area contributed by atoms with E-state index in [1.807, 2.05) is 35.1 Å². The van der Waals surface area contributed by atoms with Crippen LogP contribution in [0.1, 0.15) is 59.7 Å². The molecule has 0 radical (unpaired) electrons. The lowest BCUT2D eigenvalue weighted by Crippen LogP contribution is -2.30. The third-order valence-corrected chi connectivity index (χ3v) is 7.19. The Bertz CT molecular complexity index is 1320. The number of hydrogen-bond donors (Lipinski definition) is 3. The molecule has 0 saturated heterocycles. The van der Waals surface area contributed by atoms with E-state index in [0.717, 1.165) is 67.2 Å². The molecule has 40 heavy (non-hydrogen) atoms. The minimum atomic E-state index is -3.69. The maximum Gasteiger partial charge on any atom is 0.268 e. The molecule has 3 aromatic rings. The molecule has 1 atom stereocenters. The summed E-state index contributed by atoms with van der Waals surface area (Å²) in [6, 6.07) is 17.1. The Morgan fingerprint density at radius 1 is 1.05 bits per heavy atom. The number of nitrogens with one attached hydrogen (secondary N) is 2. The fourth-order valence-electron chi connectivity index (χ4n) is 4.60. The Morgan fingerprint density at radius 2 is 1.75 bits per heavy atom. The van der Waals surface area contributed by atoms with Gasteiger partial charge in [0.15, 0.2) is 0 Å². The predicted molar refractivity (Wildman–Crippen MR) is 162 cm³/mol. The first-order chi connectivity index (χ1) is 18.3. The van der Waals surface area contributed by atoms with E-state index in [-0.39, 0.29) is 36.5 Å². The zero-order valence-corrected chi connectivity index (χ0v) is 24.9. The SMILES string of the molecule is CS(=O)(=O)NC(=O)c1ccc(-c2ccc(CCNC[C@@H](O)c3cccnc3)cc2)cc1OC1CCCCC1.Cl.Cl. The summed E-state index contributed by atoms with van der Waals surface area (Å²) >= 11 is 0. The van der Waals surface area contributed by atoms with E-state index in [1.54, 1.807) is 24.5 Å². The Labute approximate surface area is 248 Å². The number of sulfonamides is 1. The normalized spacial score (nSPS) is 14.3. The van der Waals surface area contributed by atoms with Crippen molar-refractivity contribution in [1.82, 2.24) is 15.0 Å². The number of carbonyl (C=O) groups excluding carboxylic acids is 1. The van der Waals surface area contributed by atoms with E-state index < -0.39 is 22.0 Å². The van der Waals surface area contributed by atoms with Crippen molar-refractivity contribution in [3.05, 3.63) is 83.7 Å². The molecule has 2 aromatic carbocycles. The molecule has 4 rings (SSSR count). The Morgan fingerprint density at radius 3 is 2.40 bits per heavy atom. The number of rotatable bonds is 11. The Kier molecular flexibility index (Phi) is 13.3. The summed E-state index contributed by atoms with van der Waals surface area (Å²) in [5.41, 5.74) is 4.00. The molecular formula is C29H37Cl2N3O5S. The van der Waals surface area contributed by atoms with Gasteiger partial charge in [-0.2, -0.15) is 0 Å². The number of aliphatic hydroxyl groups excluding tert-OH is 1. The first-order valence-electron chi connectivity index (χ1n) is 13.0. The number of hydrogen-bond acceptors (Lipinski definition) is 7. The van der Waals surface area contributed by atoms with Crippen LogP contribution in [-0.4, -0.2) is 49.9 Å². The molecule has 0 aliphatic heterocycles. The van der Waals surface area contributed by atoms with E-state index >= 15 is 0 Å². The van der Waals surface area contributed by atoms with Gasteiger partial charge in [-0.1, -0.05) is 42.8 Å². The number of nitrogens with zero attached hydrogens (tertiary/aromatic N) is 1. The first kappa shape index (κ1) is 33.5. The maximum absolute atomic E-state index is 12.7. The smallest absolute Gasteiger partial charge is 0.268 e. The molecule has 1 aliphatic carbocycles. The summed E-state index contributed by atoms with van der Waals surface area (Å²) in [5, 5.41) is 13.5. The van der Waals surface area contributed by atoms with Gasteiger partial charge >= 0.3 is 0 Å². The van der Waals surface area contributed by atoms with E-state index in [2.05, 4.69) is 22.4 Å². The van der Waals surface area contributed by atoms with E-state index in [9.17, 15) is 18.3 Å². The highest BCUT2D eigenvalue weighted by molar-refractivity contribution is 7.89. The van der Waals surface area contributed by atoms with Crippen LogP contribution in [0.5, 0.6) is 5.75 Å². The van der Waals surface area contributed by atoms with Crippen molar-refractivity contribution >= 4 is 40.7 Å². The van der Waals surface area contributed by atoms with Gasteiger partial charge in [0.25, 0.3) is 5.91 Å². The maximum atomic E-state index is 12.7. The van der Waals surface area contributed by atoms with Crippen LogP contribution in [0, 0.1) is 0 Å². The van der Waals surface area contributed by atoms with Gasteiger partial charge in [-0.25, -0.2) is 13.1 Å². The van der Waals surface area contributed by atoms with Gasteiger partial charge in [0.1, 0.15) is 5.75 Å². The van der Waals surface area contributed by atoms with Crippen molar-refractivity contribution in [3.63, 3.8) is 0 Å². The van der Waals surface area contributed by atoms with Crippen LogP contribution in [0.25, 0.3) is 11.1 Å². The Balaban J connectivity index is 0.00000280. The predicted octanol–water partition coefficient (Wildman–Crippen LogP) is 4.86. The average Bonchev–Trinajstić information content (AvgIpc) is 2.91. The van der Waals surface area contributed by atoms with Crippen LogP contribution in [0.15, 0.2) is 67.0 Å². The van der Waals surface area contributed by atoms with Gasteiger partial charge in [-0.15, -0.1) is 24.8 Å². The van der Waals surface area contributed by atoms with Crippen LogP contribution in [-0.2, 0) is 16.4 Å². The molecule has 8 nitrogen and oxygen atoms in total. The minimum absolute atomic E-state index is 0. The third kappa shape index (κ3) is 10.1. The lowest BCUT2D eigenvalue weighted by atomic mass is 9.97. The summed E-state index contributed by atoms with van der Waals surface area (Å²) in [6.45, 7) is 1.17. The van der Waals surface area contributed by atoms with E-state index in [4.69, 9.17) is 4.74 Å². The van der Waals surface area contributed by atoms with Crippen molar-refractivity contribution in [2.24, 2.45) is 0 Å². The molecule has 1 fully saturated rings. The third-order valence-electron chi connectivity index (χ3n) is 6.63. The van der Waals surface area contributed by atoms with Gasteiger partial charge in [-0.3, -0.25) is 9.78 Å². The fraction of sp³-hybridized carbons (Fsp3) is 0.379. The number of aromatic nitrogens is 1. The van der Waals surface area contributed by atoms with E-state index in [1.165, 1.54) is 6.42 Å². The summed E-state index contributed by atoms with van der Waals surface area (Å²) in [5.74, 6) is -0.294. The summed E-state index contributed by atoms with van der Waals surface area (Å²) in [4.78, 5) is 16.7. The number of amides is 1. The molecule has 11 heteroatoms. The molecule has 218 valence electrons. The standard InChI is InChI=1S/C29H35N3O5S.2ClH/c1-38(35,36)32-29(34)26-14-13-23(18-28(26)37-25-7-3-2-4-8-25)22-11-9-21(10-12-22)15-17-31-20-27(33)24-6-5-16-30-19-24;;/h5-6,9-14,16,18-19,25,27,31,33H,2-4,7-8,15,17,20H2,1H3,(H,32,34);2*1H/t27-;;/m1../s1. The lowest BCUT2D eigenvalue weighted by molar-refractivity contribution is 0.0969. The molecular weight excluding hydrogens is 573 g/mol. The van der Waals surface area contributed by atoms with Gasteiger partial charge < -0.3 is 15.2 Å². The Hall–Kier alpha value is -2.69. The quantitative estimate of drug-likeness (QED) is 0.266. The molecule has 1 heterocycles. The van der Waals surface area contributed by atoms with Crippen LogP contribution in [0.4, 0.5) is 0 Å². The monoisotopic (exact) mass is 609 g/mol. The summed E-state index contributed by atoms with van der Waals surface area (Å²) < 4.78 is 31.6. The molecule has 1 saturated carbocycles. The number of pyridine rings is 1. The molecule has 0 bridgehead atoms. The molecule has 3 N–H and O–H groups in total. The number of aliphatic hydroxyl groups is 1. The number of benzene rings is 2. The van der Waals surface area contributed by atoms with Crippen molar-refractivity contribution in [1.29, 1.82) is 0 Å². The highest BCUT2D eigenvalue weighted by atomic mass is 35.5. The van der Waals surface area contributed by atoms with Gasteiger partial charge in [-0.05, 0) is 73.5 Å². The van der Waals surface area contributed by atoms with Gasteiger partial charge in [0, 0.05) is 24.5 Å². The molecule has 1 aromatic heterocycles. The van der Waals surface area contributed by atoms with Crippen LogP contribution >= 0.6 is 24.8 Å². The second-order valence-electron chi connectivity index (χ2n) is 9.75. The molecule has 0 unspecified atom stereocenters. The molecule has 1 amide bonds. The van der Waals surface area contributed by atoms with Crippen LogP contribution in [0.2, 0.25) is 0 Å². The second kappa shape index (κ2) is 15.9. The summed E-state index contributed by atoms with van der Waals surface area (Å²) in [7, 11) is -3.69. The van der Waals surface area contributed by atoms with Crippen LogP contribution in [0.3, 0.4) is 0 Å². The van der Waals surface area contributed by atoms with Gasteiger partial charge in [0.2, 0.25) is 10.0 Å². The zero-order chi connectivity index (χ0) is 27.0.